The first-order chi connectivity index (χ1) is 7.29. The van der Waals surface area contributed by atoms with Gasteiger partial charge in [0.05, 0.1) is 0 Å². The highest BCUT2D eigenvalue weighted by Crippen LogP contribution is 2.60. The summed E-state index contributed by atoms with van der Waals surface area (Å²) < 4.78 is 0. The lowest BCUT2D eigenvalue weighted by Gasteiger charge is -2.13. The lowest BCUT2D eigenvalue weighted by molar-refractivity contribution is -0.109. The van der Waals surface area contributed by atoms with E-state index in [-0.39, 0.29) is 11.3 Å². The molecule has 1 aliphatic heterocycles. The van der Waals surface area contributed by atoms with Gasteiger partial charge >= 0.3 is 0 Å². The second kappa shape index (κ2) is 3.06. The normalized spacial score (nSPS) is 37.4. The van der Waals surface area contributed by atoms with Crippen molar-refractivity contribution in [2.75, 3.05) is 13.1 Å². The van der Waals surface area contributed by atoms with Gasteiger partial charge in [0.2, 0.25) is 0 Å². The molecular formula is C12H12ClNO. The summed E-state index contributed by atoms with van der Waals surface area (Å²) >= 11 is 5.86. The molecule has 1 aromatic rings. The Morgan fingerprint density at radius 2 is 2.13 bits per heavy atom. The van der Waals surface area contributed by atoms with Crippen molar-refractivity contribution in [3.63, 3.8) is 0 Å². The average molecular weight is 222 g/mol. The van der Waals surface area contributed by atoms with E-state index in [2.05, 4.69) is 5.32 Å². The largest absolute Gasteiger partial charge is 0.315 e. The Morgan fingerprint density at radius 1 is 1.40 bits per heavy atom. The lowest BCUT2D eigenvalue weighted by atomic mass is 9.93. The quantitative estimate of drug-likeness (QED) is 0.770. The van der Waals surface area contributed by atoms with Crippen LogP contribution in [0.15, 0.2) is 24.3 Å². The van der Waals surface area contributed by atoms with Crippen molar-refractivity contribution >= 4 is 17.9 Å². The van der Waals surface area contributed by atoms with Crippen molar-refractivity contribution in [3.05, 3.63) is 34.9 Å². The van der Waals surface area contributed by atoms with E-state index in [1.165, 1.54) is 5.56 Å². The molecule has 0 radical (unpaired) electrons. The van der Waals surface area contributed by atoms with Crippen LogP contribution >= 0.6 is 11.6 Å². The van der Waals surface area contributed by atoms with Gasteiger partial charge in [0.25, 0.3) is 0 Å². The Morgan fingerprint density at radius 3 is 2.73 bits per heavy atom. The molecular weight excluding hydrogens is 210 g/mol. The molecule has 1 aliphatic carbocycles. The van der Waals surface area contributed by atoms with Gasteiger partial charge in [-0.25, -0.2) is 0 Å². The number of carbonyl (C=O) groups excluding carboxylic acids is 1. The Kier molecular flexibility index (Phi) is 1.91. The number of benzene rings is 1. The maximum absolute atomic E-state index is 11.0. The molecule has 2 fully saturated rings. The summed E-state index contributed by atoms with van der Waals surface area (Å²) in [4.78, 5) is 11.0. The van der Waals surface area contributed by atoms with Crippen LogP contribution in [0.5, 0.6) is 0 Å². The van der Waals surface area contributed by atoms with E-state index in [9.17, 15) is 4.79 Å². The Labute approximate surface area is 93.6 Å². The smallest absolute Gasteiger partial charge is 0.124 e. The SMILES string of the molecule is O=CC1C2CNCC12c1ccc(Cl)cc1. The summed E-state index contributed by atoms with van der Waals surface area (Å²) in [5.41, 5.74) is 1.32. The fraction of sp³-hybridized carbons (Fsp3) is 0.417. The van der Waals surface area contributed by atoms with Crippen LogP contribution in [0, 0.1) is 11.8 Å². The van der Waals surface area contributed by atoms with Gasteiger partial charge in [-0.1, -0.05) is 23.7 Å². The molecule has 15 heavy (non-hydrogen) atoms. The van der Waals surface area contributed by atoms with Crippen LogP contribution in [-0.4, -0.2) is 19.4 Å². The molecule has 1 aromatic carbocycles. The fourth-order valence-electron chi connectivity index (χ4n) is 3.03. The minimum Gasteiger partial charge on any atom is -0.315 e. The number of piperidine rings is 1. The topological polar surface area (TPSA) is 29.1 Å². The van der Waals surface area contributed by atoms with E-state index >= 15 is 0 Å². The lowest BCUT2D eigenvalue weighted by Crippen LogP contribution is -2.23. The number of carbonyl (C=O) groups is 1. The Bertz CT molecular complexity index is 403. The molecule has 0 aromatic heterocycles. The van der Waals surface area contributed by atoms with Crippen molar-refractivity contribution in [3.8, 4) is 0 Å². The van der Waals surface area contributed by atoms with Gasteiger partial charge in [-0.2, -0.15) is 0 Å². The highest BCUT2D eigenvalue weighted by molar-refractivity contribution is 6.30. The summed E-state index contributed by atoms with van der Waals surface area (Å²) in [5, 5.41) is 4.10. The minimum absolute atomic E-state index is 0.0757. The highest BCUT2D eigenvalue weighted by Gasteiger charge is 2.67. The standard InChI is InChI=1S/C12H12ClNO/c13-9-3-1-8(2-4-9)12-7-14-5-10(12)11(12)6-15/h1-4,6,10-11,14H,5,7H2. The number of fused-ring (bicyclic) bond motifs is 1. The highest BCUT2D eigenvalue weighted by atomic mass is 35.5. The molecule has 1 saturated heterocycles. The van der Waals surface area contributed by atoms with E-state index in [0.717, 1.165) is 24.4 Å². The van der Waals surface area contributed by atoms with Crippen molar-refractivity contribution < 1.29 is 4.79 Å². The zero-order valence-corrected chi connectivity index (χ0v) is 9.00. The number of halogens is 1. The zero-order valence-electron chi connectivity index (χ0n) is 8.24. The predicted molar refractivity (Wildman–Crippen MR) is 59.0 cm³/mol. The summed E-state index contributed by atoms with van der Waals surface area (Å²) in [5.74, 6) is 0.705. The zero-order chi connectivity index (χ0) is 10.5. The number of rotatable bonds is 2. The van der Waals surface area contributed by atoms with Crippen LogP contribution in [0.3, 0.4) is 0 Å². The van der Waals surface area contributed by atoms with E-state index in [1.54, 1.807) is 0 Å². The summed E-state index contributed by atoms with van der Waals surface area (Å²) in [7, 11) is 0. The third kappa shape index (κ3) is 1.12. The third-order valence-electron chi connectivity index (χ3n) is 3.89. The van der Waals surface area contributed by atoms with Crippen molar-refractivity contribution in [1.29, 1.82) is 0 Å². The maximum Gasteiger partial charge on any atom is 0.124 e. The first kappa shape index (κ1) is 9.37. The number of hydrogen-bond acceptors (Lipinski definition) is 2. The maximum atomic E-state index is 11.0. The second-order valence-electron chi connectivity index (χ2n) is 4.45. The summed E-state index contributed by atoms with van der Waals surface area (Å²) in [6.45, 7) is 1.88. The molecule has 0 spiro atoms. The van der Waals surface area contributed by atoms with Gasteiger partial charge in [0.1, 0.15) is 6.29 Å². The van der Waals surface area contributed by atoms with Gasteiger partial charge in [-0.3, -0.25) is 0 Å². The molecule has 1 saturated carbocycles. The first-order valence-corrected chi connectivity index (χ1v) is 5.59. The van der Waals surface area contributed by atoms with Crippen molar-refractivity contribution in [2.45, 2.75) is 5.41 Å². The predicted octanol–water partition coefficient (Wildman–Crippen LogP) is 1.63. The van der Waals surface area contributed by atoms with Crippen LogP contribution < -0.4 is 5.32 Å². The van der Waals surface area contributed by atoms with Crippen molar-refractivity contribution in [2.24, 2.45) is 11.8 Å². The molecule has 2 aliphatic rings. The molecule has 3 rings (SSSR count). The Hall–Kier alpha value is -0.860. The first-order valence-electron chi connectivity index (χ1n) is 5.21. The molecule has 1 heterocycles. The Balaban J connectivity index is 2.00. The van der Waals surface area contributed by atoms with E-state index in [1.807, 2.05) is 24.3 Å². The average Bonchev–Trinajstić information content (AvgIpc) is 2.66. The van der Waals surface area contributed by atoms with Gasteiger partial charge in [-0.05, 0) is 30.2 Å². The number of nitrogens with one attached hydrogen (secondary N) is 1. The minimum atomic E-state index is 0.0757. The van der Waals surface area contributed by atoms with Gasteiger partial charge in [-0.15, -0.1) is 0 Å². The van der Waals surface area contributed by atoms with Gasteiger partial charge in [0, 0.05) is 22.9 Å². The molecule has 3 atom stereocenters. The molecule has 1 N–H and O–H groups in total. The number of aldehydes is 1. The van der Waals surface area contributed by atoms with Crippen LogP contribution in [0.1, 0.15) is 5.56 Å². The van der Waals surface area contributed by atoms with Crippen molar-refractivity contribution in [1.82, 2.24) is 5.32 Å². The van der Waals surface area contributed by atoms with E-state index in [0.29, 0.717) is 5.92 Å². The second-order valence-corrected chi connectivity index (χ2v) is 4.88. The summed E-state index contributed by atoms with van der Waals surface area (Å²) in [6, 6.07) is 7.90. The van der Waals surface area contributed by atoms with E-state index in [4.69, 9.17) is 11.6 Å². The molecule has 3 heteroatoms. The van der Waals surface area contributed by atoms with Crippen LogP contribution in [0.4, 0.5) is 0 Å². The fourth-order valence-corrected chi connectivity index (χ4v) is 3.15. The third-order valence-corrected chi connectivity index (χ3v) is 4.14. The van der Waals surface area contributed by atoms with Gasteiger partial charge < -0.3 is 10.1 Å². The van der Waals surface area contributed by atoms with Gasteiger partial charge in [0.15, 0.2) is 0 Å². The monoisotopic (exact) mass is 221 g/mol. The number of hydrogen-bond donors (Lipinski definition) is 1. The van der Waals surface area contributed by atoms with E-state index < -0.39 is 0 Å². The molecule has 78 valence electrons. The summed E-state index contributed by atoms with van der Waals surface area (Å²) in [6.07, 6.45) is 1.11. The van der Waals surface area contributed by atoms with Crippen LogP contribution in [0.2, 0.25) is 5.02 Å². The molecule has 0 amide bonds. The molecule has 3 unspecified atom stereocenters. The molecule has 2 nitrogen and oxygen atoms in total. The van der Waals surface area contributed by atoms with Crippen LogP contribution in [-0.2, 0) is 10.2 Å². The molecule has 0 bridgehead atoms. The van der Waals surface area contributed by atoms with Crippen LogP contribution in [0.25, 0.3) is 0 Å².